The third-order valence-corrected chi connectivity index (χ3v) is 3.49. The molecule has 0 spiro atoms. The largest absolute Gasteiger partial charge is 0.366 e. The molecule has 2 rings (SSSR count). The molecule has 16 heavy (non-hydrogen) atoms. The second-order valence-corrected chi connectivity index (χ2v) is 4.47. The normalized spacial score (nSPS) is 15.4. The van der Waals surface area contributed by atoms with Crippen molar-refractivity contribution in [1.82, 2.24) is 0 Å². The Labute approximate surface area is 103 Å². The Kier molecular flexibility index (Phi) is 3.43. The first kappa shape index (κ1) is 11.4. The Bertz CT molecular complexity index is 403. The average Bonchev–Trinajstić information content (AvgIpc) is 2.81. The van der Waals surface area contributed by atoms with Gasteiger partial charge in [-0.1, -0.05) is 22.0 Å². The minimum atomic E-state index is -0.292. The van der Waals surface area contributed by atoms with E-state index in [0.717, 1.165) is 37.2 Å². The number of hydrogen-bond donors (Lipinski definition) is 0. The summed E-state index contributed by atoms with van der Waals surface area (Å²) in [7, 11) is 0. The maximum absolute atomic E-state index is 11.0. The van der Waals surface area contributed by atoms with Gasteiger partial charge in [0.1, 0.15) is 5.69 Å². The summed E-state index contributed by atoms with van der Waals surface area (Å²) in [6, 6.07) is 5.46. The summed E-state index contributed by atoms with van der Waals surface area (Å²) in [6.07, 6.45) is 2.24. The van der Waals surface area contributed by atoms with E-state index in [4.69, 9.17) is 0 Å². The number of rotatable bonds is 3. The van der Waals surface area contributed by atoms with Gasteiger partial charge >= 0.3 is 0 Å². The van der Waals surface area contributed by atoms with Crippen molar-refractivity contribution in [2.24, 2.45) is 0 Å². The number of nitro benzene ring substituents is 1. The predicted molar refractivity (Wildman–Crippen MR) is 67.2 cm³/mol. The van der Waals surface area contributed by atoms with Crippen molar-refractivity contribution in [2.45, 2.75) is 18.2 Å². The lowest BCUT2D eigenvalue weighted by Crippen LogP contribution is -2.18. The van der Waals surface area contributed by atoms with E-state index in [1.54, 1.807) is 6.07 Å². The van der Waals surface area contributed by atoms with Crippen molar-refractivity contribution in [3.63, 3.8) is 0 Å². The summed E-state index contributed by atoms with van der Waals surface area (Å²) < 4.78 is 0. The smallest absolute Gasteiger partial charge is 0.292 e. The maximum atomic E-state index is 11.0. The van der Waals surface area contributed by atoms with Gasteiger partial charge in [0.05, 0.1) is 4.92 Å². The van der Waals surface area contributed by atoms with Crippen LogP contribution in [0.25, 0.3) is 0 Å². The molecular formula is C11H13BrN2O2. The number of nitro groups is 1. The highest BCUT2D eigenvalue weighted by Gasteiger charge is 2.22. The van der Waals surface area contributed by atoms with Crippen LogP contribution < -0.4 is 4.90 Å². The highest BCUT2D eigenvalue weighted by atomic mass is 79.9. The van der Waals surface area contributed by atoms with Crippen LogP contribution in [0.3, 0.4) is 0 Å². The highest BCUT2D eigenvalue weighted by Crippen LogP contribution is 2.32. The zero-order valence-corrected chi connectivity index (χ0v) is 10.4. The summed E-state index contributed by atoms with van der Waals surface area (Å²) in [5.74, 6) is 0. The van der Waals surface area contributed by atoms with Crippen LogP contribution in [0.1, 0.15) is 18.4 Å². The van der Waals surface area contributed by atoms with Gasteiger partial charge in [0, 0.05) is 24.5 Å². The van der Waals surface area contributed by atoms with Gasteiger partial charge in [-0.3, -0.25) is 10.1 Å². The molecule has 1 aliphatic rings. The predicted octanol–water partition coefficient (Wildman–Crippen LogP) is 3.09. The monoisotopic (exact) mass is 284 g/mol. The van der Waals surface area contributed by atoms with E-state index in [-0.39, 0.29) is 10.6 Å². The molecule has 0 amide bonds. The molecule has 0 bridgehead atoms. The van der Waals surface area contributed by atoms with Crippen molar-refractivity contribution in [2.75, 3.05) is 18.0 Å². The summed E-state index contributed by atoms with van der Waals surface area (Å²) >= 11 is 3.31. The van der Waals surface area contributed by atoms with Gasteiger partial charge in [0.15, 0.2) is 0 Å². The number of hydrogen-bond acceptors (Lipinski definition) is 3. The molecule has 0 saturated carbocycles. The minimum absolute atomic E-state index is 0.221. The van der Waals surface area contributed by atoms with Crippen LogP contribution in [0.2, 0.25) is 0 Å². The average molecular weight is 285 g/mol. The SMILES string of the molecule is O=[N+]([O-])c1cc(CBr)ccc1N1CCCC1. The van der Waals surface area contributed by atoms with Gasteiger partial charge in [0.2, 0.25) is 0 Å². The Morgan fingerprint density at radius 1 is 1.38 bits per heavy atom. The Balaban J connectivity index is 2.39. The molecular weight excluding hydrogens is 272 g/mol. The van der Waals surface area contributed by atoms with Crippen LogP contribution in [0.5, 0.6) is 0 Å². The van der Waals surface area contributed by atoms with E-state index >= 15 is 0 Å². The van der Waals surface area contributed by atoms with Gasteiger partial charge in [-0.25, -0.2) is 0 Å². The second-order valence-electron chi connectivity index (χ2n) is 3.91. The van der Waals surface area contributed by atoms with E-state index < -0.39 is 0 Å². The molecule has 0 N–H and O–H groups in total. The third-order valence-electron chi connectivity index (χ3n) is 2.84. The molecule has 0 radical (unpaired) electrons. The van der Waals surface area contributed by atoms with Crippen molar-refractivity contribution < 1.29 is 4.92 Å². The maximum Gasteiger partial charge on any atom is 0.292 e. The topological polar surface area (TPSA) is 46.4 Å². The van der Waals surface area contributed by atoms with E-state index in [1.165, 1.54) is 0 Å². The zero-order valence-electron chi connectivity index (χ0n) is 8.86. The Morgan fingerprint density at radius 2 is 2.06 bits per heavy atom. The number of nitrogens with zero attached hydrogens (tertiary/aromatic N) is 2. The fourth-order valence-electron chi connectivity index (χ4n) is 2.02. The third kappa shape index (κ3) is 2.19. The van der Waals surface area contributed by atoms with E-state index in [0.29, 0.717) is 5.33 Å². The van der Waals surface area contributed by atoms with Gasteiger partial charge < -0.3 is 4.90 Å². The quantitative estimate of drug-likeness (QED) is 0.487. The van der Waals surface area contributed by atoms with Crippen LogP contribution in [-0.4, -0.2) is 18.0 Å². The van der Waals surface area contributed by atoms with Gasteiger partial charge in [-0.05, 0) is 24.5 Å². The Hall–Kier alpha value is -1.10. The molecule has 1 heterocycles. The van der Waals surface area contributed by atoms with Crippen molar-refractivity contribution in [3.8, 4) is 0 Å². The summed E-state index contributed by atoms with van der Waals surface area (Å²) in [5, 5.41) is 11.7. The summed E-state index contributed by atoms with van der Waals surface area (Å²) in [4.78, 5) is 12.8. The van der Waals surface area contributed by atoms with Crippen molar-refractivity contribution in [3.05, 3.63) is 33.9 Å². The van der Waals surface area contributed by atoms with Gasteiger partial charge in [-0.15, -0.1) is 0 Å². The van der Waals surface area contributed by atoms with E-state index in [1.807, 2.05) is 12.1 Å². The van der Waals surface area contributed by atoms with Crippen LogP contribution in [0.15, 0.2) is 18.2 Å². The number of halogens is 1. The molecule has 1 aromatic carbocycles. The van der Waals surface area contributed by atoms with Gasteiger partial charge in [0.25, 0.3) is 5.69 Å². The Morgan fingerprint density at radius 3 is 2.62 bits per heavy atom. The molecule has 0 aliphatic carbocycles. The van der Waals surface area contributed by atoms with E-state index in [9.17, 15) is 10.1 Å². The van der Waals surface area contributed by atoms with E-state index in [2.05, 4.69) is 20.8 Å². The molecule has 1 fully saturated rings. The molecule has 4 nitrogen and oxygen atoms in total. The molecule has 0 atom stereocenters. The summed E-state index contributed by atoms with van der Waals surface area (Å²) in [6.45, 7) is 1.85. The molecule has 0 aromatic heterocycles. The fourth-order valence-corrected chi connectivity index (χ4v) is 2.37. The van der Waals surface area contributed by atoms with Crippen molar-refractivity contribution >= 4 is 27.3 Å². The van der Waals surface area contributed by atoms with Crippen LogP contribution >= 0.6 is 15.9 Å². The fraction of sp³-hybridized carbons (Fsp3) is 0.455. The lowest BCUT2D eigenvalue weighted by Gasteiger charge is -2.17. The van der Waals surface area contributed by atoms with Gasteiger partial charge in [-0.2, -0.15) is 0 Å². The molecule has 86 valence electrons. The first-order chi connectivity index (χ1) is 7.72. The van der Waals surface area contributed by atoms with Crippen molar-refractivity contribution in [1.29, 1.82) is 0 Å². The lowest BCUT2D eigenvalue weighted by atomic mass is 10.2. The molecule has 1 aliphatic heterocycles. The van der Waals surface area contributed by atoms with Crippen LogP contribution in [0.4, 0.5) is 11.4 Å². The minimum Gasteiger partial charge on any atom is -0.366 e. The molecule has 0 unspecified atom stereocenters. The molecule has 1 aromatic rings. The number of benzene rings is 1. The zero-order chi connectivity index (χ0) is 11.5. The highest BCUT2D eigenvalue weighted by molar-refractivity contribution is 9.08. The summed E-state index contributed by atoms with van der Waals surface area (Å²) in [5.41, 5.74) is 1.92. The molecule has 1 saturated heterocycles. The van der Waals surface area contributed by atoms with Crippen LogP contribution in [0, 0.1) is 10.1 Å². The first-order valence-electron chi connectivity index (χ1n) is 5.30. The van der Waals surface area contributed by atoms with Crippen LogP contribution in [-0.2, 0) is 5.33 Å². The first-order valence-corrected chi connectivity index (χ1v) is 6.43. The standard InChI is InChI=1S/C11H13BrN2O2/c12-8-9-3-4-10(11(7-9)14(15)16)13-5-1-2-6-13/h3-4,7H,1-2,5-6,8H2. The molecule has 5 heteroatoms. The lowest BCUT2D eigenvalue weighted by molar-refractivity contribution is -0.384. The second kappa shape index (κ2) is 4.82. The number of anilines is 1. The number of alkyl halides is 1.